The molecule has 3 N–H and O–H groups in total. The van der Waals surface area contributed by atoms with E-state index in [1.165, 1.54) is 0 Å². The second kappa shape index (κ2) is 27.1. The molecule has 13 heteroatoms. The Morgan fingerprint density at radius 1 is 0.357 bits per heavy atom. The highest BCUT2D eigenvalue weighted by Crippen LogP contribution is 2.44. The summed E-state index contributed by atoms with van der Waals surface area (Å²) >= 11 is 0. The molecule has 0 heterocycles. The Morgan fingerprint density at radius 2 is 0.560 bits per heavy atom. The minimum atomic E-state index is -1.60. The number of esters is 4. The Balaban J connectivity index is 1.75. The zero-order chi connectivity index (χ0) is 63.9. The molecule has 0 radical (unpaired) electrons. The number of ether oxygens (including phenoxy) is 4. The fourth-order valence-corrected chi connectivity index (χ4v) is 10.2. The summed E-state index contributed by atoms with van der Waals surface area (Å²) in [6.07, 6.45) is 1.19. The maximum atomic E-state index is 14.1. The van der Waals surface area contributed by atoms with E-state index in [2.05, 4.69) is 4.94 Å². The molecule has 4 aromatic rings. The fourth-order valence-electron chi connectivity index (χ4n) is 10.2. The van der Waals surface area contributed by atoms with Gasteiger partial charge in [-0.25, -0.2) is 0 Å². The van der Waals surface area contributed by atoms with E-state index in [0.717, 1.165) is 55.6 Å². The van der Waals surface area contributed by atoms with Gasteiger partial charge in [-0.1, -0.05) is 201 Å². The lowest BCUT2D eigenvalue weighted by Crippen LogP contribution is -2.44. The number of carbonyl (C=O) groups excluding carboxylic acids is 4. The minimum absolute atomic E-state index is 0.0740. The average Bonchev–Trinajstić information content (AvgIpc) is 2.85. The molecule has 84 heavy (non-hydrogen) atoms. The number of aromatic hydroxyl groups is 3. The standard InChI is InChI=1S/C71H103FO12/c1-23-48-32-44(39-55(63(48)84-72)70(20,21)22)24-28-56(73)80-40-71(41-81-57(74)29-25-45-33-49(64(2,3)4)60(77)50(34-45)65(5,6)7,42-82-58(75)30-26-46-35-51(66(8,9)10)61(78)52(36-46)67(11,12)13)43-83-59(76)31-27-47-37-53(68(14,15)16)62(79)54(38-47)69(17,18)19/h32-39,77-79H,23-31,40-43H2,1-22H3. The highest BCUT2D eigenvalue weighted by Gasteiger charge is 2.39. The Bertz CT molecular complexity index is 2620. The Labute approximate surface area is 502 Å². The third kappa shape index (κ3) is 19.5. The number of carbonyl (C=O) groups is 4. The molecule has 0 aliphatic carbocycles. The molecule has 0 aromatic heterocycles. The monoisotopic (exact) mass is 1170 g/mol. The second-order valence-corrected chi connectivity index (χ2v) is 30.6. The zero-order valence-corrected chi connectivity index (χ0v) is 55.2. The van der Waals surface area contributed by atoms with Crippen molar-refractivity contribution in [2.45, 2.75) is 248 Å². The minimum Gasteiger partial charge on any atom is -0.507 e. The molecule has 0 saturated heterocycles. The lowest BCUT2D eigenvalue weighted by molar-refractivity contribution is -0.170. The van der Waals surface area contributed by atoms with Crippen molar-refractivity contribution in [3.63, 3.8) is 0 Å². The maximum absolute atomic E-state index is 14.1. The van der Waals surface area contributed by atoms with Crippen LogP contribution in [-0.2, 0) is 108 Å². The van der Waals surface area contributed by atoms with Gasteiger partial charge < -0.3 is 34.3 Å². The van der Waals surface area contributed by atoms with Gasteiger partial charge in [-0.15, -0.1) is 0 Å². The summed E-state index contributed by atoms with van der Waals surface area (Å²) < 4.78 is 38.3. The molecule has 0 unspecified atom stereocenters. The van der Waals surface area contributed by atoms with Crippen LogP contribution in [0.4, 0.5) is 4.53 Å². The molecule has 0 spiro atoms. The maximum Gasteiger partial charge on any atom is 0.306 e. The van der Waals surface area contributed by atoms with Crippen LogP contribution >= 0.6 is 0 Å². The molecule has 0 fully saturated rings. The number of rotatable bonds is 22. The van der Waals surface area contributed by atoms with Crippen LogP contribution in [0.1, 0.15) is 245 Å². The first-order chi connectivity index (χ1) is 38.3. The third-order valence-corrected chi connectivity index (χ3v) is 15.5. The Hall–Kier alpha value is -6.11. The molecule has 0 saturated carbocycles. The van der Waals surface area contributed by atoms with Crippen molar-refractivity contribution >= 4 is 23.9 Å². The van der Waals surface area contributed by atoms with Gasteiger partial charge in [0.25, 0.3) is 0 Å². The highest BCUT2D eigenvalue weighted by atomic mass is 19.3. The summed E-state index contributed by atoms with van der Waals surface area (Å²) in [6.45, 7) is 42.1. The zero-order valence-electron chi connectivity index (χ0n) is 55.2. The van der Waals surface area contributed by atoms with Crippen LogP contribution in [0, 0.1) is 5.41 Å². The first-order valence-corrected chi connectivity index (χ1v) is 30.0. The van der Waals surface area contributed by atoms with E-state index in [1.54, 1.807) is 0 Å². The van der Waals surface area contributed by atoms with Gasteiger partial charge in [-0.05, 0) is 131 Å². The van der Waals surface area contributed by atoms with E-state index in [0.29, 0.717) is 17.5 Å². The average molecular weight is 1170 g/mol. The molecule has 0 bridgehead atoms. The van der Waals surface area contributed by atoms with Crippen molar-refractivity contribution in [2.24, 2.45) is 5.41 Å². The fraction of sp³-hybridized carbons (Fsp3) is 0.606. The highest BCUT2D eigenvalue weighted by molar-refractivity contribution is 5.72. The second-order valence-electron chi connectivity index (χ2n) is 30.6. The molecule has 0 aliphatic heterocycles. The van der Waals surface area contributed by atoms with Crippen LogP contribution in [0.2, 0.25) is 0 Å². The molecule has 4 aromatic carbocycles. The summed E-state index contributed by atoms with van der Waals surface area (Å²) in [5.41, 5.74) is 4.53. The summed E-state index contributed by atoms with van der Waals surface area (Å²) in [5.74, 6) is -1.65. The molecular formula is C71H103FO12. The van der Waals surface area contributed by atoms with E-state index in [1.807, 2.05) is 201 Å². The molecular weight excluding hydrogens is 1060 g/mol. The van der Waals surface area contributed by atoms with Crippen LogP contribution in [0.15, 0.2) is 48.5 Å². The Kier molecular flexibility index (Phi) is 22.7. The summed E-state index contributed by atoms with van der Waals surface area (Å²) in [7, 11) is 0. The van der Waals surface area contributed by atoms with Crippen LogP contribution in [0.3, 0.4) is 0 Å². The van der Waals surface area contributed by atoms with E-state index < -0.39 is 93.6 Å². The smallest absolute Gasteiger partial charge is 0.306 e. The van der Waals surface area contributed by atoms with Gasteiger partial charge in [0.2, 0.25) is 0 Å². The van der Waals surface area contributed by atoms with E-state index in [9.17, 15) is 39.0 Å². The number of hydrogen-bond acceptors (Lipinski definition) is 12. The topological polar surface area (TPSA) is 175 Å². The summed E-state index contributed by atoms with van der Waals surface area (Å²) in [4.78, 5) is 60.5. The van der Waals surface area contributed by atoms with Gasteiger partial charge in [-0.2, -0.15) is 0 Å². The van der Waals surface area contributed by atoms with Gasteiger partial charge in [0.1, 0.15) is 49.1 Å². The lowest BCUT2D eigenvalue weighted by atomic mass is 9.78. The Morgan fingerprint density at radius 3 is 0.750 bits per heavy atom. The van der Waals surface area contributed by atoms with Crippen molar-refractivity contribution < 1.29 is 62.9 Å². The number of benzene rings is 4. The van der Waals surface area contributed by atoms with Crippen molar-refractivity contribution in [1.82, 2.24) is 0 Å². The molecule has 4 rings (SSSR count). The van der Waals surface area contributed by atoms with Crippen molar-refractivity contribution in [2.75, 3.05) is 26.4 Å². The number of hydrogen-bond donors (Lipinski definition) is 3. The normalized spacial score (nSPS) is 12.9. The SMILES string of the molecule is CCc1cc(CCC(=O)OCC(COC(=O)CCc2cc(C(C)(C)C)c(O)c(C(C)(C)C)c2)(COC(=O)CCc2cc(C(C)(C)C)c(O)c(C(C)(C)C)c2)COC(=O)CCc2cc(C(C)(C)C)c(O)c(C(C)(C)C)c2)cc(C(C)(C)C)c1OF. The van der Waals surface area contributed by atoms with Gasteiger partial charge in [-0.3, -0.25) is 24.1 Å². The predicted octanol–water partition coefficient (Wildman–Crippen LogP) is 15.7. The first-order valence-electron chi connectivity index (χ1n) is 30.0. The molecule has 466 valence electrons. The van der Waals surface area contributed by atoms with Gasteiger partial charge in [0, 0.05) is 35.8 Å². The molecule has 12 nitrogen and oxygen atoms in total. The van der Waals surface area contributed by atoms with Gasteiger partial charge >= 0.3 is 23.9 Å². The first kappa shape index (κ1) is 70.4. The number of aryl methyl sites for hydroxylation is 5. The molecule has 0 amide bonds. The number of phenols is 3. The van der Waals surface area contributed by atoms with E-state index in [-0.39, 0.29) is 74.4 Å². The van der Waals surface area contributed by atoms with Crippen molar-refractivity contribution in [1.29, 1.82) is 0 Å². The quantitative estimate of drug-likeness (QED) is 0.0502. The number of phenolic OH excluding ortho intramolecular Hbond substituents is 3. The molecule has 0 aliphatic rings. The summed E-state index contributed by atoms with van der Waals surface area (Å²) in [5, 5.41) is 34.2. The molecule has 0 atom stereocenters. The third-order valence-electron chi connectivity index (χ3n) is 15.5. The van der Waals surface area contributed by atoms with Crippen molar-refractivity contribution in [3.05, 3.63) is 115 Å². The number of halogens is 1. The van der Waals surface area contributed by atoms with Crippen LogP contribution in [-0.4, -0.2) is 65.6 Å². The van der Waals surface area contributed by atoms with Gasteiger partial charge in [0.05, 0.1) is 0 Å². The van der Waals surface area contributed by atoms with E-state index in [4.69, 9.17) is 18.9 Å². The van der Waals surface area contributed by atoms with E-state index >= 15 is 0 Å². The lowest BCUT2D eigenvalue weighted by Gasteiger charge is -2.32. The predicted molar refractivity (Wildman–Crippen MR) is 332 cm³/mol. The van der Waals surface area contributed by atoms with Gasteiger partial charge in [0.15, 0.2) is 5.75 Å². The van der Waals surface area contributed by atoms with Crippen LogP contribution in [0.5, 0.6) is 23.0 Å². The van der Waals surface area contributed by atoms with Crippen LogP contribution < -0.4 is 4.94 Å². The van der Waals surface area contributed by atoms with Crippen LogP contribution in [0.25, 0.3) is 0 Å². The van der Waals surface area contributed by atoms with Crippen molar-refractivity contribution in [3.8, 4) is 23.0 Å². The largest absolute Gasteiger partial charge is 0.507 e. The summed E-state index contributed by atoms with van der Waals surface area (Å²) in [6, 6.07) is 15.1.